The molecular weight excluding hydrogens is 354 g/mol. The molecule has 0 aliphatic carbocycles. The maximum absolute atomic E-state index is 12.4. The zero-order valence-corrected chi connectivity index (χ0v) is 16.2. The predicted molar refractivity (Wildman–Crippen MR) is 110 cm³/mol. The lowest BCUT2D eigenvalue weighted by Gasteiger charge is -2.11. The summed E-state index contributed by atoms with van der Waals surface area (Å²) in [5.41, 5.74) is 4.05. The molecule has 0 atom stereocenters. The third-order valence-corrected chi connectivity index (χ3v) is 4.25. The van der Waals surface area contributed by atoms with E-state index in [9.17, 15) is 4.79 Å². The minimum atomic E-state index is -0.251. The lowest BCUT2D eigenvalue weighted by atomic mass is 10.2. The van der Waals surface area contributed by atoms with Crippen LogP contribution in [-0.4, -0.2) is 25.1 Å². The fourth-order valence-corrected chi connectivity index (χ4v) is 2.69. The van der Waals surface area contributed by atoms with Gasteiger partial charge in [0.05, 0.1) is 14.2 Å². The Labute approximate surface area is 164 Å². The summed E-state index contributed by atoms with van der Waals surface area (Å²) in [6, 6.07) is 16.9. The average Bonchev–Trinajstić information content (AvgIpc) is 2.73. The van der Waals surface area contributed by atoms with Crippen LogP contribution in [0.25, 0.3) is 0 Å². The van der Waals surface area contributed by atoms with Crippen molar-refractivity contribution < 1.29 is 14.3 Å². The van der Waals surface area contributed by atoms with Gasteiger partial charge in [0.15, 0.2) is 11.5 Å². The van der Waals surface area contributed by atoms with Gasteiger partial charge in [-0.15, -0.1) is 0 Å². The molecule has 0 radical (unpaired) electrons. The van der Waals surface area contributed by atoms with Gasteiger partial charge in [-0.1, -0.05) is 23.8 Å². The highest BCUT2D eigenvalue weighted by molar-refractivity contribution is 6.03. The molecule has 2 aromatic carbocycles. The van der Waals surface area contributed by atoms with E-state index in [1.807, 2.05) is 55.5 Å². The number of methoxy groups -OCH3 is 2. The lowest BCUT2D eigenvalue weighted by Crippen LogP contribution is -2.14. The minimum absolute atomic E-state index is 0.251. The van der Waals surface area contributed by atoms with Crippen LogP contribution in [0.3, 0.4) is 0 Å². The third kappa shape index (κ3) is 4.79. The highest BCUT2D eigenvalue weighted by atomic mass is 16.5. The number of benzene rings is 2. The van der Waals surface area contributed by atoms with Gasteiger partial charge in [0.2, 0.25) is 0 Å². The highest BCUT2D eigenvalue weighted by Gasteiger charge is 2.09. The molecule has 28 heavy (non-hydrogen) atoms. The molecule has 0 spiro atoms. The van der Waals surface area contributed by atoms with E-state index in [0.29, 0.717) is 23.7 Å². The van der Waals surface area contributed by atoms with Crippen LogP contribution in [0.15, 0.2) is 60.8 Å². The molecule has 6 heteroatoms. The molecule has 3 rings (SSSR count). The Morgan fingerprint density at radius 1 is 0.929 bits per heavy atom. The number of pyridine rings is 1. The van der Waals surface area contributed by atoms with Gasteiger partial charge >= 0.3 is 0 Å². The van der Waals surface area contributed by atoms with Crippen molar-refractivity contribution in [2.75, 3.05) is 24.9 Å². The molecule has 1 heterocycles. The molecule has 144 valence electrons. The van der Waals surface area contributed by atoms with Crippen LogP contribution in [0, 0.1) is 6.92 Å². The molecule has 3 aromatic rings. The molecule has 1 aromatic heterocycles. The minimum Gasteiger partial charge on any atom is -0.493 e. The van der Waals surface area contributed by atoms with Crippen molar-refractivity contribution >= 4 is 17.3 Å². The monoisotopic (exact) mass is 377 g/mol. The van der Waals surface area contributed by atoms with Gasteiger partial charge in [-0.25, -0.2) is 0 Å². The summed E-state index contributed by atoms with van der Waals surface area (Å²) in [7, 11) is 3.22. The summed E-state index contributed by atoms with van der Waals surface area (Å²) < 4.78 is 10.6. The van der Waals surface area contributed by atoms with Gasteiger partial charge in [-0.05, 0) is 48.9 Å². The number of carbonyl (C=O) groups excluding carboxylic acids is 1. The number of amides is 1. The van der Waals surface area contributed by atoms with E-state index in [1.54, 1.807) is 26.5 Å². The number of nitrogens with one attached hydrogen (secondary N) is 2. The first-order valence-corrected chi connectivity index (χ1v) is 8.88. The van der Waals surface area contributed by atoms with E-state index < -0.39 is 0 Å². The Balaban J connectivity index is 1.66. The Morgan fingerprint density at radius 3 is 2.39 bits per heavy atom. The number of aryl methyl sites for hydroxylation is 1. The van der Waals surface area contributed by atoms with Crippen molar-refractivity contribution in [1.82, 2.24) is 4.98 Å². The van der Waals surface area contributed by atoms with Crippen molar-refractivity contribution in [3.63, 3.8) is 0 Å². The normalized spacial score (nSPS) is 10.2. The second-order valence-corrected chi connectivity index (χ2v) is 6.29. The number of hydrogen-bond acceptors (Lipinski definition) is 5. The molecule has 0 bridgehead atoms. The lowest BCUT2D eigenvalue weighted by molar-refractivity contribution is 0.102. The SMILES string of the molecule is COc1ccc(CNc2ccnc(C(=O)Nc3ccc(C)cc3)c2)cc1OC. The van der Waals surface area contributed by atoms with E-state index in [1.165, 1.54) is 0 Å². The van der Waals surface area contributed by atoms with Gasteiger partial charge in [-0.2, -0.15) is 0 Å². The average molecular weight is 377 g/mol. The van der Waals surface area contributed by atoms with E-state index in [2.05, 4.69) is 15.6 Å². The van der Waals surface area contributed by atoms with Gasteiger partial charge in [0, 0.05) is 24.1 Å². The molecule has 0 saturated heterocycles. The fourth-order valence-electron chi connectivity index (χ4n) is 2.69. The highest BCUT2D eigenvalue weighted by Crippen LogP contribution is 2.27. The molecular formula is C22H23N3O3. The molecule has 1 amide bonds. The van der Waals surface area contributed by atoms with E-state index in [4.69, 9.17) is 9.47 Å². The van der Waals surface area contributed by atoms with Gasteiger partial charge in [0.25, 0.3) is 5.91 Å². The van der Waals surface area contributed by atoms with E-state index in [-0.39, 0.29) is 5.91 Å². The van der Waals surface area contributed by atoms with E-state index in [0.717, 1.165) is 22.5 Å². The van der Waals surface area contributed by atoms with Crippen LogP contribution in [-0.2, 0) is 6.54 Å². The summed E-state index contributed by atoms with van der Waals surface area (Å²) in [6.07, 6.45) is 1.61. The van der Waals surface area contributed by atoms with Crippen molar-refractivity contribution in [1.29, 1.82) is 0 Å². The third-order valence-electron chi connectivity index (χ3n) is 4.25. The zero-order chi connectivity index (χ0) is 19.9. The van der Waals surface area contributed by atoms with Crippen molar-refractivity contribution in [3.8, 4) is 11.5 Å². The van der Waals surface area contributed by atoms with Gasteiger partial charge < -0.3 is 20.1 Å². The smallest absolute Gasteiger partial charge is 0.274 e. The standard InChI is InChI=1S/C22H23N3O3/c1-15-4-7-17(8-5-15)25-22(26)19-13-18(10-11-23-19)24-14-16-6-9-20(27-2)21(12-16)28-3/h4-13H,14H2,1-3H3,(H,23,24)(H,25,26). The first-order valence-electron chi connectivity index (χ1n) is 8.88. The molecule has 2 N–H and O–H groups in total. The van der Waals surface area contributed by atoms with Crippen LogP contribution in [0.5, 0.6) is 11.5 Å². The quantitative estimate of drug-likeness (QED) is 0.643. The van der Waals surface area contributed by atoms with Crippen LogP contribution >= 0.6 is 0 Å². The second-order valence-electron chi connectivity index (χ2n) is 6.29. The van der Waals surface area contributed by atoms with Crippen LogP contribution in [0.1, 0.15) is 21.6 Å². The molecule has 0 saturated carbocycles. The maximum Gasteiger partial charge on any atom is 0.274 e. The Kier molecular flexibility index (Phi) is 6.11. The second kappa shape index (κ2) is 8.90. The van der Waals surface area contributed by atoms with Crippen LogP contribution < -0.4 is 20.1 Å². The topological polar surface area (TPSA) is 72.5 Å². The fraction of sp³-hybridized carbons (Fsp3) is 0.182. The number of aromatic nitrogens is 1. The van der Waals surface area contributed by atoms with Crippen LogP contribution in [0.2, 0.25) is 0 Å². The molecule has 0 aliphatic heterocycles. The summed E-state index contributed by atoms with van der Waals surface area (Å²) in [4.78, 5) is 16.6. The van der Waals surface area contributed by atoms with Crippen LogP contribution in [0.4, 0.5) is 11.4 Å². The number of anilines is 2. The number of rotatable bonds is 7. The van der Waals surface area contributed by atoms with Gasteiger partial charge in [-0.3, -0.25) is 9.78 Å². The van der Waals surface area contributed by atoms with Crippen molar-refractivity contribution in [3.05, 3.63) is 77.6 Å². The summed E-state index contributed by atoms with van der Waals surface area (Å²) in [5, 5.41) is 6.15. The number of hydrogen-bond donors (Lipinski definition) is 2. The predicted octanol–water partition coefficient (Wildman–Crippen LogP) is 4.27. The molecule has 0 unspecified atom stereocenters. The van der Waals surface area contributed by atoms with E-state index >= 15 is 0 Å². The van der Waals surface area contributed by atoms with Gasteiger partial charge in [0.1, 0.15) is 5.69 Å². The number of carbonyl (C=O) groups is 1. The zero-order valence-electron chi connectivity index (χ0n) is 16.2. The molecule has 0 aliphatic rings. The first kappa shape index (κ1) is 19.2. The maximum atomic E-state index is 12.4. The summed E-state index contributed by atoms with van der Waals surface area (Å²) >= 11 is 0. The Morgan fingerprint density at radius 2 is 1.68 bits per heavy atom. The first-order chi connectivity index (χ1) is 13.6. The molecule has 0 fully saturated rings. The summed E-state index contributed by atoms with van der Waals surface area (Å²) in [6.45, 7) is 2.57. The Hall–Kier alpha value is -3.54. The summed E-state index contributed by atoms with van der Waals surface area (Å²) in [5.74, 6) is 1.11. The van der Waals surface area contributed by atoms with Crippen molar-refractivity contribution in [2.45, 2.75) is 13.5 Å². The molecule has 6 nitrogen and oxygen atoms in total. The largest absolute Gasteiger partial charge is 0.493 e. The van der Waals surface area contributed by atoms with Crippen molar-refractivity contribution in [2.24, 2.45) is 0 Å². The number of nitrogens with zero attached hydrogens (tertiary/aromatic N) is 1. The number of ether oxygens (including phenoxy) is 2. The Bertz CT molecular complexity index is 955.